The molecule has 0 amide bonds. The maximum absolute atomic E-state index is 14.8. The van der Waals surface area contributed by atoms with Crippen molar-refractivity contribution in [3.63, 3.8) is 0 Å². The Balaban J connectivity index is 2.02. The van der Waals surface area contributed by atoms with E-state index >= 15 is 0 Å². The maximum atomic E-state index is 14.8. The minimum atomic E-state index is -1.33. The van der Waals surface area contributed by atoms with Crippen LogP contribution in [-0.2, 0) is 6.42 Å². The molecule has 0 bridgehead atoms. The van der Waals surface area contributed by atoms with Gasteiger partial charge in [0.15, 0.2) is 0 Å². The van der Waals surface area contributed by atoms with Gasteiger partial charge in [-0.25, -0.2) is 9.18 Å². The zero-order valence-corrected chi connectivity index (χ0v) is 21.2. The number of hydrogen-bond donors (Lipinski definition) is 2. The van der Waals surface area contributed by atoms with Gasteiger partial charge >= 0.3 is 5.97 Å². The summed E-state index contributed by atoms with van der Waals surface area (Å²) >= 11 is 7.88. The number of carboxylic acid groups (broad SMARTS) is 1. The Morgan fingerprint density at radius 3 is 2.54 bits per heavy atom. The number of pyridine rings is 1. The number of halogens is 2. The summed E-state index contributed by atoms with van der Waals surface area (Å²) in [6.07, 6.45) is 1.53. The van der Waals surface area contributed by atoms with Crippen molar-refractivity contribution >= 4 is 45.9 Å². The number of rotatable bonds is 7. The highest BCUT2D eigenvalue weighted by Gasteiger charge is 2.24. The van der Waals surface area contributed by atoms with Crippen molar-refractivity contribution in [1.82, 2.24) is 4.57 Å². The number of aromatic nitrogens is 1. The number of aliphatic hydroxyl groups excluding tert-OH is 1. The number of aliphatic hydroxyl groups is 1. The fourth-order valence-corrected chi connectivity index (χ4v) is 5.70. The molecule has 2 N–H and O–H groups in total. The molecule has 0 aliphatic carbocycles. The number of nitrogens with zero attached hydrogens (tertiary/aromatic N) is 2. The monoisotopic (exact) mass is 518 g/mol. The lowest BCUT2D eigenvalue weighted by Crippen LogP contribution is -2.33. The molecule has 4 rings (SSSR count). The van der Waals surface area contributed by atoms with Crippen LogP contribution >= 0.6 is 23.4 Å². The molecule has 0 spiro atoms. The molecule has 1 fully saturated rings. The topological polar surface area (TPSA) is 82.8 Å². The third-order valence-electron chi connectivity index (χ3n) is 6.54. The number of aromatic carboxylic acids is 1. The lowest BCUT2D eigenvalue weighted by Gasteiger charge is -2.32. The van der Waals surface area contributed by atoms with Gasteiger partial charge in [-0.3, -0.25) is 4.79 Å². The number of hydrogen-bond acceptors (Lipinski definition) is 5. The SMILES string of the molecule is CC(C)[C@@H](CO)n1cc(C(=O)O)c(=O)c2cc(Cc3cccc(Cl)c3F)c(N3CCSCC3)cc21. The van der Waals surface area contributed by atoms with E-state index in [1.807, 2.05) is 31.7 Å². The summed E-state index contributed by atoms with van der Waals surface area (Å²) in [5.41, 5.74) is 1.58. The summed E-state index contributed by atoms with van der Waals surface area (Å²) in [7, 11) is 0. The van der Waals surface area contributed by atoms with Gasteiger partial charge < -0.3 is 19.7 Å². The van der Waals surface area contributed by atoms with Crippen LogP contribution < -0.4 is 10.3 Å². The molecule has 0 unspecified atom stereocenters. The van der Waals surface area contributed by atoms with E-state index in [0.717, 1.165) is 35.8 Å². The van der Waals surface area contributed by atoms with Crippen LogP contribution in [0.5, 0.6) is 0 Å². The molecule has 1 saturated heterocycles. The smallest absolute Gasteiger partial charge is 0.341 e. The van der Waals surface area contributed by atoms with Crippen molar-refractivity contribution in [3.05, 3.63) is 74.3 Å². The average molecular weight is 519 g/mol. The summed E-state index contributed by atoms with van der Waals surface area (Å²) in [6.45, 7) is 5.26. The first-order chi connectivity index (χ1) is 16.7. The van der Waals surface area contributed by atoms with Crippen LogP contribution in [0.3, 0.4) is 0 Å². The van der Waals surface area contributed by atoms with Crippen molar-refractivity contribution in [2.24, 2.45) is 5.92 Å². The summed E-state index contributed by atoms with van der Waals surface area (Å²) in [5.74, 6) is 0.0391. The quantitative estimate of drug-likeness (QED) is 0.466. The minimum absolute atomic E-state index is 0.0117. The van der Waals surface area contributed by atoms with Crippen LogP contribution in [0.2, 0.25) is 5.02 Å². The standard InChI is InChI=1S/C26H28ClFN2O4S/c1-15(2)23(14-31)30-13-19(26(33)34)25(32)18-11-17(10-16-4-3-5-20(27)24(16)28)21(12-22(18)30)29-6-8-35-9-7-29/h3-5,11-13,15,23,31H,6-10,14H2,1-2H3,(H,33,34)/t23-/m1/s1. The lowest BCUT2D eigenvalue weighted by molar-refractivity contribution is 0.0694. The number of carbonyl (C=O) groups is 1. The molecule has 0 radical (unpaired) electrons. The average Bonchev–Trinajstić information content (AvgIpc) is 2.83. The molecule has 2 aromatic carbocycles. The van der Waals surface area contributed by atoms with E-state index in [0.29, 0.717) is 11.1 Å². The molecule has 1 aliphatic heterocycles. The van der Waals surface area contributed by atoms with E-state index < -0.39 is 23.3 Å². The molecular weight excluding hydrogens is 491 g/mol. The molecule has 1 aromatic heterocycles. The highest BCUT2D eigenvalue weighted by atomic mass is 35.5. The van der Waals surface area contributed by atoms with Gasteiger partial charge in [-0.2, -0.15) is 11.8 Å². The largest absolute Gasteiger partial charge is 0.477 e. The Bertz CT molecular complexity index is 1320. The Hall–Kier alpha value is -2.55. The highest BCUT2D eigenvalue weighted by molar-refractivity contribution is 7.99. The Kier molecular flexibility index (Phi) is 7.73. The van der Waals surface area contributed by atoms with Crippen LogP contribution in [0.4, 0.5) is 10.1 Å². The molecule has 2 heterocycles. The first kappa shape index (κ1) is 25.5. The van der Waals surface area contributed by atoms with Gasteiger partial charge in [0.05, 0.1) is 23.2 Å². The van der Waals surface area contributed by atoms with Crippen LogP contribution in [0.25, 0.3) is 10.9 Å². The number of fused-ring (bicyclic) bond motifs is 1. The number of carboxylic acids is 1. The Morgan fingerprint density at radius 2 is 1.91 bits per heavy atom. The van der Waals surface area contributed by atoms with Crippen molar-refractivity contribution in [1.29, 1.82) is 0 Å². The summed E-state index contributed by atoms with van der Waals surface area (Å²) < 4.78 is 16.5. The maximum Gasteiger partial charge on any atom is 0.341 e. The highest BCUT2D eigenvalue weighted by Crippen LogP contribution is 2.33. The van der Waals surface area contributed by atoms with E-state index in [1.165, 1.54) is 12.3 Å². The first-order valence-corrected chi connectivity index (χ1v) is 13.1. The summed E-state index contributed by atoms with van der Waals surface area (Å²) in [4.78, 5) is 27.4. The van der Waals surface area contributed by atoms with Crippen LogP contribution in [0, 0.1) is 11.7 Å². The van der Waals surface area contributed by atoms with E-state index in [2.05, 4.69) is 4.90 Å². The molecule has 1 aliphatic rings. The van der Waals surface area contributed by atoms with E-state index in [-0.39, 0.29) is 34.9 Å². The van der Waals surface area contributed by atoms with Gasteiger partial charge in [0.1, 0.15) is 11.4 Å². The van der Waals surface area contributed by atoms with Crippen molar-refractivity contribution in [2.45, 2.75) is 26.3 Å². The van der Waals surface area contributed by atoms with Crippen molar-refractivity contribution in [2.75, 3.05) is 36.1 Å². The van der Waals surface area contributed by atoms with Gasteiger partial charge in [0, 0.05) is 48.3 Å². The molecule has 1 atom stereocenters. The second kappa shape index (κ2) is 10.6. The third kappa shape index (κ3) is 5.06. The second-order valence-corrected chi connectivity index (χ2v) is 10.7. The fraction of sp³-hybridized carbons (Fsp3) is 0.385. The number of thioether (sulfide) groups is 1. The van der Waals surface area contributed by atoms with Crippen LogP contribution in [0.15, 0.2) is 41.3 Å². The van der Waals surface area contributed by atoms with Gasteiger partial charge in [0.25, 0.3) is 0 Å². The first-order valence-electron chi connectivity index (χ1n) is 11.5. The molecule has 35 heavy (non-hydrogen) atoms. The number of anilines is 1. The van der Waals surface area contributed by atoms with Gasteiger partial charge in [-0.15, -0.1) is 0 Å². The Labute approximate surface area is 212 Å². The van der Waals surface area contributed by atoms with Crippen LogP contribution in [-0.4, -0.2) is 52.0 Å². The third-order valence-corrected chi connectivity index (χ3v) is 7.78. The zero-order valence-electron chi connectivity index (χ0n) is 19.6. The molecule has 9 heteroatoms. The van der Waals surface area contributed by atoms with Crippen LogP contribution in [0.1, 0.15) is 41.4 Å². The van der Waals surface area contributed by atoms with Crippen molar-refractivity contribution in [3.8, 4) is 0 Å². The fourth-order valence-electron chi connectivity index (χ4n) is 4.61. The molecule has 3 aromatic rings. The predicted octanol–water partition coefficient (Wildman–Crippen LogP) is 4.83. The number of benzene rings is 2. The second-order valence-electron chi connectivity index (χ2n) is 9.07. The van der Waals surface area contributed by atoms with E-state index in [4.69, 9.17) is 11.6 Å². The molecular formula is C26H28ClFN2O4S. The Morgan fingerprint density at radius 1 is 1.20 bits per heavy atom. The zero-order chi connectivity index (χ0) is 25.3. The normalized spacial score (nSPS) is 15.1. The summed E-state index contributed by atoms with van der Waals surface area (Å²) in [6, 6.07) is 7.99. The lowest BCUT2D eigenvalue weighted by atomic mass is 9.97. The molecule has 0 saturated carbocycles. The molecule has 186 valence electrons. The minimum Gasteiger partial charge on any atom is -0.477 e. The summed E-state index contributed by atoms with van der Waals surface area (Å²) in [5, 5.41) is 20.1. The van der Waals surface area contributed by atoms with Gasteiger partial charge in [-0.1, -0.05) is 37.6 Å². The van der Waals surface area contributed by atoms with E-state index in [9.17, 15) is 24.2 Å². The van der Waals surface area contributed by atoms with Crippen molar-refractivity contribution < 1.29 is 19.4 Å². The molecule has 6 nitrogen and oxygen atoms in total. The van der Waals surface area contributed by atoms with Gasteiger partial charge in [-0.05, 0) is 35.2 Å². The predicted molar refractivity (Wildman–Crippen MR) is 140 cm³/mol. The van der Waals surface area contributed by atoms with E-state index in [1.54, 1.807) is 22.8 Å². The van der Waals surface area contributed by atoms with Gasteiger partial charge in [0.2, 0.25) is 5.43 Å².